The molecule has 0 aliphatic heterocycles. The molecule has 0 N–H and O–H groups in total. The molecule has 0 fully saturated rings. The lowest BCUT2D eigenvalue weighted by atomic mass is 10.1. The third-order valence-corrected chi connectivity index (χ3v) is 2.77. The SMILES string of the molecule is N#Cc1cc(Cl)ccc1C(=O)OCc1ccccc1. The van der Waals surface area contributed by atoms with E-state index < -0.39 is 5.97 Å². The topological polar surface area (TPSA) is 50.1 Å². The summed E-state index contributed by atoms with van der Waals surface area (Å²) in [5.41, 5.74) is 1.33. The van der Waals surface area contributed by atoms with E-state index in [2.05, 4.69) is 0 Å². The Balaban J connectivity index is 2.11. The van der Waals surface area contributed by atoms with E-state index in [-0.39, 0.29) is 17.7 Å². The summed E-state index contributed by atoms with van der Waals surface area (Å²) in [6.45, 7) is 0.174. The molecule has 2 aromatic carbocycles. The molecule has 0 spiro atoms. The van der Waals surface area contributed by atoms with Crippen molar-refractivity contribution in [2.45, 2.75) is 6.61 Å². The molecule has 0 saturated heterocycles. The number of nitriles is 1. The smallest absolute Gasteiger partial charge is 0.339 e. The van der Waals surface area contributed by atoms with Crippen molar-refractivity contribution in [3.05, 3.63) is 70.2 Å². The molecule has 0 amide bonds. The summed E-state index contributed by atoms with van der Waals surface area (Å²) < 4.78 is 5.16. The van der Waals surface area contributed by atoms with Crippen LogP contribution in [0, 0.1) is 11.3 Å². The van der Waals surface area contributed by atoms with Gasteiger partial charge in [0, 0.05) is 5.02 Å². The van der Waals surface area contributed by atoms with Crippen LogP contribution in [0.25, 0.3) is 0 Å². The van der Waals surface area contributed by atoms with Gasteiger partial charge < -0.3 is 4.74 Å². The van der Waals surface area contributed by atoms with Gasteiger partial charge in [-0.2, -0.15) is 5.26 Å². The van der Waals surface area contributed by atoms with Gasteiger partial charge in [-0.15, -0.1) is 0 Å². The minimum atomic E-state index is -0.530. The maximum absolute atomic E-state index is 11.9. The molecular formula is C15H10ClNO2. The van der Waals surface area contributed by atoms with Gasteiger partial charge in [-0.3, -0.25) is 0 Å². The van der Waals surface area contributed by atoms with E-state index in [0.717, 1.165) is 5.56 Å². The highest BCUT2D eigenvalue weighted by Crippen LogP contribution is 2.16. The van der Waals surface area contributed by atoms with Crippen molar-refractivity contribution in [1.82, 2.24) is 0 Å². The molecule has 94 valence electrons. The second-order valence-electron chi connectivity index (χ2n) is 3.86. The molecule has 0 radical (unpaired) electrons. The Labute approximate surface area is 116 Å². The zero-order chi connectivity index (χ0) is 13.7. The molecule has 0 aliphatic carbocycles. The standard InChI is InChI=1S/C15H10ClNO2/c16-13-6-7-14(12(8-13)9-17)15(18)19-10-11-4-2-1-3-5-11/h1-8H,10H2. The maximum atomic E-state index is 11.9. The average Bonchev–Trinajstić information content (AvgIpc) is 2.45. The maximum Gasteiger partial charge on any atom is 0.339 e. The quantitative estimate of drug-likeness (QED) is 0.802. The van der Waals surface area contributed by atoms with E-state index >= 15 is 0 Å². The fourth-order valence-corrected chi connectivity index (χ4v) is 1.76. The lowest BCUT2D eigenvalue weighted by Gasteiger charge is -2.06. The third kappa shape index (κ3) is 3.34. The van der Waals surface area contributed by atoms with Gasteiger partial charge in [0.1, 0.15) is 12.7 Å². The first kappa shape index (κ1) is 13.1. The van der Waals surface area contributed by atoms with Gasteiger partial charge in [0.25, 0.3) is 0 Å². The van der Waals surface area contributed by atoms with Crippen LogP contribution in [0.4, 0.5) is 0 Å². The van der Waals surface area contributed by atoms with Crippen LogP contribution < -0.4 is 0 Å². The van der Waals surface area contributed by atoms with Gasteiger partial charge in [0.05, 0.1) is 11.1 Å². The van der Waals surface area contributed by atoms with Crippen molar-refractivity contribution in [3.63, 3.8) is 0 Å². The first-order valence-corrected chi connectivity index (χ1v) is 5.99. The van der Waals surface area contributed by atoms with Gasteiger partial charge in [-0.05, 0) is 23.8 Å². The molecule has 0 heterocycles. The molecule has 3 nitrogen and oxygen atoms in total. The van der Waals surface area contributed by atoms with Gasteiger partial charge in [0.15, 0.2) is 0 Å². The summed E-state index contributed by atoms with van der Waals surface area (Å²) in [4.78, 5) is 11.9. The summed E-state index contributed by atoms with van der Waals surface area (Å²) in [6, 6.07) is 15.8. The Morgan fingerprint density at radius 1 is 1.21 bits per heavy atom. The first-order chi connectivity index (χ1) is 9.20. The van der Waals surface area contributed by atoms with Crippen LogP contribution in [-0.2, 0) is 11.3 Å². The van der Waals surface area contributed by atoms with Crippen molar-refractivity contribution in [2.24, 2.45) is 0 Å². The summed E-state index contributed by atoms with van der Waals surface area (Å²) in [6.07, 6.45) is 0. The fourth-order valence-electron chi connectivity index (χ4n) is 1.59. The number of hydrogen-bond acceptors (Lipinski definition) is 3. The number of esters is 1. The van der Waals surface area contributed by atoms with Gasteiger partial charge in [-0.1, -0.05) is 41.9 Å². The zero-order valence-corrected chi connectivity index (χ0v) is 10.7. The Bertz CT molecular complexity index is 632. The lowest BCUT2D eigenvalue weighted by molar-refractivity contribution is 0.0472. The summed E-state index contributed by atoms with van der Waals surface area (Å²) in [5, 5.41) is 9.37. The van der Waals surface area contributed by atoms with E-state index in [4.69, 9.17) is 21.6 Å². The van der Waals surface area contributed by atoms with Crippen molar-refractivity contribution < 1.29 is 9.53 Å². The number of ether oxygens (including phenoxy) is 1. The minimum absolute atomic E-state index is 0.174. The van der Waals surface area contributed by atoms with Crippen LogP contribution in [0.1, 0.15) is 21.5 Å². The molecule has 0 bridgehead atoms. The van der Waals surface area contributed by atoms with Crippen LogP contribution in [0.5, 0.6) is 0 Å². The van der Waals surface area contributed by atoms with E-state index in [0.29, 0.717) is 5.02 Å². The Kier molecular flexibility index (Phi) is 4.17. The van der Waals surface area contributed by atoms with E-state index in [9.17, 15) is 4.79 Å². The molecule has 0 saturated carbocycles. The number of benzene rings is 2. The molecule has 4 heteroatoms. The molecule has 19 heavy (non-hydrogen) atoms. The Hall–Kier alpha value is -2.31. The second-order valence-corrected chi connectivity index (χ2v) is 4.30. The second kappa shape index (κ2) is 6.03. The molecule has 0 aromatic heterocycles. The minimum Gasteiger partial charge on any atom is -0.457 e. The molecular weight excluding hydrogens is 262 g/mol. The number of halogens is 1. The normalized spacial score (nSPS) is 9.68. The molecule has 2 aromatic rings. The molecule has 0 aliphatic rings. The monoisotopic (exact) mass is 271 g/mol. The summed E-state index contributed by atoms with van der Waals surface area (Å²) in [5.74, 6) is -0.530. The predicted octanol–water partition coefficient (Wildman–Crippen LogP) is 3.57. The van der Waals surface area contributed by atoms with Crippen molar-refractivity contribution in [2.75, 3.05) is 0 Å². The average molecular weight is 272 g/mol. The molecule has 0 unspecified atom stereocenters. The Morgan fingerprint density at radius 3 is 2.63 bits per heavy atom. The highest BCUT2D eigenvalue weighted by Gasteiger charge is 2.13. The largest absolute Gasteiger partial charge is 0.457 e. The highest BCUT2D eigenvalue weighted by atomic mass is 35.5. The number of carbonyl (C=O) groups is 1. The highest BCUT2D eigenvalue weighted by molar-refractivity contribution is 6.30. The van der Waals surface area contributed by atoms with Crippen LogP contribution in [0.2, 0.25) is 5.02 Å². The molecule has 0 atom stereocenters. The van der Waals surface area contributed by atoms with Crippen LogP contribution >= 0.6 is 11.6 Å². The van der Waals surface area contributed by atoms with E-state index in [1.807, 2.05) is 36.4 Å². The number of rotatable bonds is 3. The van der Waals surface area contributed by atoms with Gasteiger partial charge in [-0.25, -0.2) is 4.79 Å². The number of hydrogen-bond donors (Lipinski definition) is 0. The van der Waals surface area contributed by atoms with Crippen molar-refractivity contribution in [1.29, 1.82) is 5.26 Å². The first-order valence-electron chi connectivity index (χ1n) is 5.61. The van der Waals surface area contributed by atoms with Crippen LogP contribution in [-0.4, -0.2) is 5.97 Å². The van der Waals surface area contributed by atoms with Crippen molar-refractivity contribution >= 4 is 17.6 Å². The molecule has 2 rings (SSSR count). The summed E-state index contributed by atoms with van der Waals surface area (Å²) in [7, 11) is 0. The fraction of sp³-hybridized carbons (Fsp3) is 0.0667. The number of carbonyl (C=O) groups excluding carboxylic acids is 1. The van der Waals surface area contributed by atoms with Gasteiger partial charge in [0.2, 0.25) is 0 Å². The van der Waals surface area contributed by atoms with E-state index in [1.54, 1.807) is 6.07 Å². The lowest BCUT2D eigenvalue weighted by Crippen LogP contribution is -2.07. The van der Waals surface area contributed by atoms with Gasteiger partial charge >= 0.3 is 5.97 Å². The third-order valence-electron chi connectivity index (χ3n) is 2.53. The van der Waals surface area contributed by atoms with Crippen molar-refractivity contribution in [3.8, 4) is 6.07 Å². The van der Waals surface area contributed by atoms with Crippen LogP contribution in [0.15, 0.2) is 48.5 Å². The number of nitrogens with zero attached hydrogens (tertiary/aromatic N) is 1. The zero-order valence-electron chi connectivity index (χ0n) is 9.97. The predicted molar refractivity (Wildman–Crippen MR) is 71.7 cm³/mol. The summed E-state index contributed by atoms with van der Waals surface area (Å²) >= 11 is 5.77. The Morgan fingerprint density at radius 2 is 1.95 bits per heavy atom. The van der Waals surface area contributed by atoms with Crippen LogP contribution in [0.3, 0.4) is 0 Å². The van der Waals surface area contributed by atoms with E-state index in [1.165, 1.54) is 12.1 Å².